The summed E-state index contributed by atoms with van der Waals surface area (Å²) in [5.41, 5.74) is 4.30. The topological polar surface area (TPSA) is 58.6 Å². The number of nitrogens with one attached hydrogen (secondary N) is 1. The second kappa shape index (κ2) is 8.19. The molecule has 4 rings (SSSR count). The van der Waals surface area contributed by atoms with Crippen molar-refractivity contribution in [3.63, 3.8) is 0 Å². The molecule has 0 unspecified atom stereocenters. The first-order chi connectivity index (χ1) is 14.1. The van der Waals surface area contributed by atoms with Crippen molar-refractivity contribution in [2.75, 3.05) is 17.3 Å². The van der Waals surface area contributed by atoms with E-state index in [2.05, 4.69) is 5.32 Å². The predicted molar refractivity (Wildman–Crippen MR) is 113 cm³/mol. The number of amides is 2. The summed E-state index contributed by atoms with van der Waals surface area (Å²) >= 11 is 0. The number of hydrogen-bond donors (Lipinski definition) is 1. The molecule has 146 valence electrons. The molecule has 0 aliphatic carbocycles. The summed E-state index contributed by atoms with van der Waals surface area (Å²) in [5.74, 6) is 0.560. The van der Waals surface area contributed by atoms with Crippen LogP contribution in [-0.4, -0.2) is 18.9 Å². The number of hydrogen-bond acceptors (Lipinski definition) is 3. The number of methoxy groups -OCH3 is 1. The van der Waals surface area contributed by atoms with Gasteiger partial charge in [0.2, 0.25) is 5.91 Å². The van der Waals surface area contributed by atoms with Gasteiger partial charge in [-0.15, -0.1) is 0 Å². The Labute approximate surface area is 169 Å². The molecule has 1 aliphatic heterocycles. The molecule has 0 bridgehead atoms. The molecule has 29 heavy (non-hydrogen) atoms. The van der Waals surface area contributed by atoms with Crippen LogP contribution >= 0.6 is 0 Å². The minimum atomic E-state index is -0.197. The SMILES string of the molecule is COc1cccc(C(=O)Nc2ccc3c(c2)CCC(=O)N3Cc2ccccc2)c1. The zero-order chi connectivity index (χ0) is 20.2. The van der Waals surface area contributed by atoms with Gasteiger partial charge in [0.25, 0.3) is 5.91 Å². The smallest absolute Gasteiger partial charge is 0.255 e. The second-order valence-corrected chi connectivity index (χ2v) is 7.00. The number of rotatable bonds is 5. The summed E-state index contributed by atoms with van der Waals surface area (Å²) in [6, 6.07) is 22.7. The Bertz CT molecular complexity index is 1050. The van der Waals surface area contributed by atoms with E-state index >= 15 is 0 Å². The number of carbonyl (C=O) groups excluding carboxylic acids is 2. The highest BCUT2D eigenvalue weighted by atomic mass is 16.5. The Balaban J connectivity index is 1.55. The first-order valence-corrected chi connectivity index (χ1v) is 9.56. The third-order valence-corrected chi connectivity index (χ3v) is 5.05. The molecule has 0 saturated heterocycles. The molecular weight excluding hydrogens is 364 g/mol. The molecule has 0 aromatic heterocycles. The van der Waals surface area contributed by atoms with E-state index in [0.717, 1.165) is 16.8 Å². The van der Waals surface area contributed by atoms with E-state index in [1.165, 1.54) is 0 Å². The fraction of sp³-hybridized carbons (Fsp3) is 0.167. The maximum atomic E-state index is 12.6. The molecule has 1 heterocycles. The molecule has 5 heteroatoms. The Kier molecular flexibility index (Phi) is 5.29. The van der Waals surface area contributed by atoms with Crippen LogP contribution in [0.15, 0.2) is 72.8 Å². The van der Waals surface area contributed by atoms with E-state index in [1.807, 2.05) is 53.4 Å². The fourth-order valence-electron chi connectivity index (χ4n) is 3.54. The van der Waals surface area contributed by atoms with Crippen LogP contribution in [0.5, 0.6) is 5.75 Å². The number of ether oxygens (including phenoxy) is 1. The van der Waals surface area contributed by atoms with Gasteiger partial charge in [0.05, 0.1) is 13.7 Å². The molecule has 0 saturated carbocycles. The van der Waals surface area contributed by atoms with Gasteiger partial charge < -0.3 is 15.0 Å². The van der Waals surface area contributed by atoms with E-state index < -0.39 is 0 Å². The lowest BCUT2D eigenvalue weighted by Gasteiger charge is -2.30. The lowest BCUT2D eigenvalue weighted by Crippen LogP contribution is -2.34. The lowest BCUT2D eigenvalue weighted by atomic mass is 9.99. The third kappa shape index (κ3) is 4.14. The summed E-state index contributed by atoms with van der Waals surface area (Å²) < 4.78 is 5.18. The van der Waals surface area contributed by atoms with Crippen LogP contribution in [0.3, 0.4) is 0 Å². The highest BCUT2D eigenvalue weighted by molar-refractivity contribution is 6.05. The van der Waals surface area contributed by atoms with Gasteiger partial charge in [0, 0.05) is 23.4 Å². The quantitative estimate of drug-likeness (QED) is 0.706. The van der Waals surface area contributed by atoms with Crippen molar-refractivity contribution in [3.8, 4) is 5.75 Å². The third-order valence-electron chi connectivity index (χ3n) is 5.05. The number of nitrogens with zero attached hydrogens (tertiary/aromatic N) is 1. The van der Waals surface area contributed by atoms with Crippen molar-refractivity contribution >= 4 is 23.2 Å². The van der Waals surface area contributed by atoms with Gasteiger partial charge in [-0.2, -0.15) is 0 Å². The van der Waals surface area contributed by atoms with E-state index in [9.17, 15) is 9.59 Å². The summed E-state index contributed by atoms with van der Waals surface area (Å²) in [6.07, 6.45) is 1.13. The zero-order valence-corrected chi connectivity index (χ0v) is 16.2. The number of aryl methyl sites for hydroxylation is 1. The summed E-state index contributed by atoms with van der Waals surface area (Å²) in [5, 5.41) is 2.94. The standard InChI is InChI=1S/C24H22N2O3/c1-29-21-9-5-8-19(15-21)24(28)25-20-11-12-22-18(14-20)10-13-23(27)26(22)16-17-6-3-2-4-7-17/h2-9,11-12,14-15H,10,13,16H2,1H3,(H,25,28). The number of benzene rings is 3. The number of carbonyl (C=O) groups is 2. The van der Waals surface area contributed by atoms with Crippen LogP contribution in [0, 0.1) is 0 Å². The molecular formula is C24H22N2O3. The van der Waals surface area contributed by atoms with Crippen molar-refractivity contribution in [2.24, 2.45) is 0 Å². The van der Waals surface area contributed by atoms with E-state index in [4.69, 9.17) is 4.74 Å². The Morgan fingerprint density at radius 3 is 2.62 bits per heavy atom. The monoisotopic (exact) mass is 386 g/mol. The summed E-state index contributed by atoms with van der Waals surface area (Å²) in [4.78, 5) is 26.9. The minimum Gasteiger partial charge on any atom is -0.497 e. The van der Waals surface area contributed by atoms with E-state index in [-0.39, 0.29) is 11.8 Å². The van der Waals surface area contributed by atoms with Gasteiger partial charge in [-0.25, -0.2) is 0 Å². The first kappa shape index (κ1) is 18.7. The van der Waals surface area contributed by atoms with Gasteiger partial charge in [-0.3, -0.25) is 9.59 Å². The highest BCUT2D eigenvalue weighted by Gasteiger charge is 2.24. The molecule has 1 N–H and O–H groups in total. The number of anilines is 2. The zero-order valence-electron chi connectivity index (χ0n) is 16.2. The van der Waals surface area contributed by atoms with Crippen LogP contribution in [0.4, 0.5) is 11.4 Å². The average molecular weight is 386 g/mol. The first-order valence-electron chi connectivity index (χ1n) is 9.56. The molecule has 3 aromatic carbocycles. The van der Waals surface area contributed by atoms with Gasteiger partial charge in [-0.1, -0.05) is 36.4 Å². The van der Waals surface area contributed by atoms with Crippen molar-refractivity contribution < 1.29 is 14.3 Å². The van der Waals surface area contributed by atoms with Crippen LogP contribution < -0.4 is 15.0 Å². The van der Waals surface area contributed by atoms with Crippen LogP contribution in [0.25, 0.3) is 0 Å². The van der Waals surface area contributed by atoms with Gasteiger partial charge in [-0.05, 0) is 53.9 Å². The lowest BCUT2D eigenvalue weighted by molar-refractivity contribution is -0.119. The second-order valence-electron chi connectivity index (χ2n) is 7.00. The molecule has 1 aliphatic rings. The van der Waals surface area contributed by atoms with E-state index in [1.54, 1.807) is 31.4 Å². The normalized spacial score (nSPS) is 13.0. The molecule has 0 fully saturated rings. The van der Waals surface area contributed by atoms with E-state index in [0.29, 0.717) is 36.4 Å². The Morgan fingerprint density at radius 2 is 1.83 bits per heavy atom. The molecule has 0 atom stereocenters. The fourth-order valence-corrected chi connectivity index (χ4v) is 3.54. The maximum Gasteiger partial charge on any atom is 0.255 e. The van der Waals surface area contributed by atoms with Crippen molar-refractivity contribution in [1.29, 1.82) is 0 Å². The summed E-state index contributed by atoms with van der Waals surface area (Å²) in [7, 11) is 1.57. The summed E-state index contributed by atoms with van der Waals surface area (Å²) in [6.45, 7) is 0.544. The predicted octanol–water partition coefficient (Wildman–Crippen LogP) is 4.43. The van der Waals surface area contributed by atoms with Crippen LogP contribution in [0.1, 0.15) is 27.9 Å². The van der Waals surface area contributed by atoms with Crippen molar-refractivity contribution in [1.82, 2.24) is 0 Å². The minimum absolute atomic E-state index is 0.120. The molecule has 0 spiro atoms. The van der Waals surface area contributed by atoms with Gasteiger partial charge in [0.1, 0.15) is 5.75 Å². The van der Waals surface area contributed by atoms with Gasteiger partial charge >= 0.3 is 0 Å². The maximum absolute atomic E-state index is 12.6. The molecule has 2 amide bonds. The van der Waals surface area contributed by atoms with Gasteiger partial charge in [0.15, 0.2) is 0 Å². The van der Waals surface area contributed by atoms with Crippen molar-refractivity contribution in [2.45, 2.75) is 19.4 Å². The van der Waals surface area contributed by atoms with Crippen molar-refractivity contribution in [3.05, 3.63) is 89.5 Å². The molecule has 5 nitrogen and oxygen atoms in total. The number of fused-ring (bicyclic) bond motifs is 1. The van der Waals surface area contributed by atoms with Crippen LogP contribution in [0.2, 0.25) is 0 Å². The Hall–Kier alpha value is -3.60. The molecule has 3 aromatic rings. The average Bonchev–Trinajstić information content (AvgIpc) is 2.76. The molecule has 0 radical (unpaired) electrons. The van der Waals surface area contributed by atoms with Crippen LogP contribution in [-0.2, 0) is 17.8 Å². The largest absolute Gasteiger partial charge is 0.497 e. The Morgan fingerprint density at radius 1 is 1.00 bits per heavy atom. The highest BCUT2D eigenvalue weighted by Crippen LogP contribution is 2.31.